The highest BCUT2D eigenvalue weighted by molar-refractivity contribution is 6.01. The minimum atomic E-state index is -0.338. The van der Waals surface area contributed by atoms with E-state index in [9.17, 15) is 9.59 Å². The maximum Gasteiger partial charge on any atom is 0.233 e. The van der Waals surface area contributed by atoms with Crippen LogP contribution in [0, 0.1) is 5.92 Å². The van der Waals surface area contributed by atoms with E-state index < -0.39 is 0 Å². The molecule has 1 aromatic heterocycles. The third kappa shape index (κ3) is 5.18. The van der Waals surface area contributed by atoms with Gasteiger partial charge in [0.1, 0.15) is 11.9 Å². The molecule has 5 rings (SSSR count). The number of hydrogen-bond acceptors (Lipinski definition) is 7. The molecule has 2 aromatic rings. The highest BCUT2D eigenvalue weighted by atomic mass is 16.5. The molecule has 1 saturated carbocycles. The summed E-state index contributed by atoms with van der Waals surface area (Å²) in [6.07, 6.45) is 6.37. The Morgan fingerprint density at radius 2 is 1.74 bits per heavy atom. The first-order valence-electron chi connectivity index (χ1n) is 12.6. The third-order valence-electron chi connectivity index (χ3n) is 7.23. The van der Waals surface area contributed by atoms with Crippen molar-refractivity contribution in [2.75, 3.05) is 49.6 Å². The van der Waals surface area contributed by atoms with Crippen LogP contribution in [0.25, 0.3) is 0 Å². The van der Waals surface area contributed by atoms with Gasteiger partial charge >= 0.3 is 0 Å². The molecule has 0 N–H and O–H groups in total. The van der Waals surface area contributed by atoms with Crippen LogP contribution in [0.1, 0.15) is 38.5 Å². The zero-order valence-corrected chi connectivity index (χ0v) is 20.3. The number of rotatable bonds is 6. The van der Waals surface area contributed by atoms with Crippen LogP contribution >= 0.6 is 0 Å². The Labute approximate surface area is 206 Å². The molecule has 1 aliphatic carbocycles. The topological polar surface area (TPSA) is 88.1 Å². The van der Waals surface area contributed by atoms with Crippen molar-refractivity contribution >= 4 is 23.3 Å². The van der Waals surface area contributed by atoms with E-state index in [1.807, 2.05) is 41.3 Å². The SMILES string of the molecule is COc1ccccc1N1CC(C(=O)N2CCN(c3ccc(OC4CCCCC4)nn3)CC2)CC1=O. The van der Waals surface area contributed by atoms with Gasteiger partial charge in [0.05, 0.1) is 18.7 Å². The van der Waals surface area contributed by atoms with Crippen molar-refractivity contribution in [1.29, 1.82) is 0 Å². The summed E-state index contributed by atoms with van der Waals surface area (Å²) >= 11 is 0. The van der Waals surface area contributed by atoms with Crippen LogP contribution < -0.4 is 19.3 Å². The normalized spacial score (nSPS) is 21.3. The molecule has 0 bridgehead atoms. The van der Waals surface area contributed by atoms with Crippen molar-refractivity contribution in [2.24, 2.45) is 5.92 Å². The molecular weight excluding hydrogens is 446 g/mol. The predicted octanol–water partition coefficient (Wildman–Crippen LogP) is 2.90. The van der Waals surface area contributed by atoms with Crippen LogP contribution in [0.15, 0.2) is 36.4 Å². The van der Waals surface area contributed by atoms with E-state index in [1.54, 1.807) is 12.0 Å². The van der Waals surface area contributed by atoms with E-state index in [-0.39, 0.29) is 30.3 Å². The van der Waals surface area contributed by atoms with Crippen LogP contribution in [0.5, 0.6) is 11.6 Å². The van der Waals surface area contributed by atoms with Crippen molar-refractivity contribution in [1.82, 2.24) is 15.1 Å². The number of piperazine rings is 1. The molecule has 2 aliphatic heterocycles. The fraction of sp³-hybridized carbons (Fsp3) is 0.538. The van der Waals surface area contributed by atoms with Crippen molar-refractivity contribution in [3.05, 3.63) is 36.4 Å². The Balaban J connectivity index is 1.14. The first-order valence-corrected chi connectivity index (χ1v) is 12.6. The number of aromatic nitrogens is 2. The van der Waals surface area contributed by atoms with Gasteiger partial charge in [-0.1, -0.05) is 18.6 Å². The molecule has 1 aromatic carbocycles. The number of hydrogen-bond donors (Lipinski definition) is 0. The molecule has 186 valence electrons. The van der Waals surface area contributed by atoms with Gasteiger partial charge in [-0.2, -0.15) is 0 Å². The van der Waals surface area contributed by atoms with Crippen LogP contribution in [0.3, 0.4) is 0 Å². The molecule has 2 amide bonds. The number of carbonyl (C=O) groups excluding carboxylic acids is 2. The van der Waals surface area contributed by atoms with E-state index in [0.717, 1.165) is 24.3 Å². The van der Waals surface area contributed by atoms with E-state index in [2.05, 4.69) is 15.1 Å². The van der Waals surface area contributed by atoms with E-state index in [4.69, 9.17) is 9.47 Å². The number of ether oxygens (including phenoxy) is 2. The lowest BCUT2D eigenvalue weighted by molar-refractivity contribution is -0.136. The van der Waals surface area contributed by atoms with Gasteiger partial charge < -0.3 is 24.2 Å². The van der Waals surface area contributed by atoms with Crippen molar-refractivity contribution < 1.29 is 19.1 Å². The fourth-order valence-electron chi connectivity index (χ4n) is 5.27. The summed E-state index contributed by atoms with van der Waals surface area (Å²) in [5.74, 6) is 1.68. The summed E-state index contributed by atoms with van der Waals surface area (Å²) in [7, 11) is 1.59. The van der Waals surface area contributed by atoms with Crippen molar-refractivity contribution in [3.8, 4) is 11.6 Å². The number of nitrogens with zero attached hydrogens (tertiary/aromatic N) is 5. The highest BCUT2D eigenvalue weighted by Gasteiger charge is 2.38. The van der Waals surface area contributed by atoms with Gasteiger partial charge in [0, 0.05) is 45.2 Å². The summed E-state index contributed by atoms with van der Waals surface area (Å²) in [5, 5.41) is 8.65. The number of amides is 2. The number of para-hydroxylation sites is 2. The fourth-order valence-corrected chi connectivity index (χ4v) is 5.27. The van der Waals surface area contributed by atoms with Gasteiger partial charge in [0.2, 0.25) is 17.7 Å². The second kappa shape index (κ2) is 10.5. The molecule has 1 atom stereocenters. The number of carbonyl (C=O) groups is 2. The molecule has 1 unspecified atom stereocenters. The molecule has 9 nitrogen and oxygen atoms in total. The summed E-state index contributed by atoms with van der Waals surface area (Å²) in [5.41, 5.74) is 0.717. The minimum absolute atomic E-state index is 0.0395. The Morgan fingerprint density at radius 1 is 0.971 bits per heavy atom. The Kier molecular flexibility index (Phi) is 7.01. The summed E-state index contributed by atoms with van der Waals surface area (Å²) in [6, 6.07) is 11.3. The number of benzene rings is 1. The largest absolute Gasteiger partial charge is 0.495 e. The van der Waals surface area contributed by atoms with E-state index >= 15 is 0 Å². The standard InChI is InChI=1S/C26H33N5O4/c1-34-22-10-6-5-9-21(22)31-18-19(17-25(31)32)26(33)30-15-13-29(14-16-30)23-11-12-24(28-27-23)35-20-7-3-2-4-8-20/h5-6,9-12,19-20H,2-4,7-8,13-18H2,1H3. The molecular formula is C26H33N5O4. The first-order chi connectivity index (χ1) is 17.1. The Bertz CT molecular complexity index is 1030. The molecule has 35 heavy (non-hydrogen) atoms. The smallest absolute Gasteiger partial charge is 0.233 e. The zero-order chi connectivity index (χ0) is 24.2. The Hall–Kier alpha value is -3.36. The second-order valence-corrected chi connectivity index (χ2v) is 9.50. The second-order valence-electron chi connectivity index (χ2n) is 9.50. The van der Waals surface area contributed by atoms with Crippen LogP contribution in [-0.2, 0) is 9.59 Å². The quantitative estimate of drug-likeness (QED) is 0.630. The number of methoxy groups -OCH3 is 1. The molecule has 0 spiro atoms. The third-order valence-corrected chi connectivity index (χ3v) is 7.23. The zero-order valence-electron chi connectivity index (χ0n) is 20.3. The Morgan fingerprint density at radius 3 is 2.46 bits per heavy atom. The maximum absolute atomic E-state index is 13.2. The maximum atomic E-state index is 13.2. The molecule has 0 radical (unpaired) electrons. The average molecular weight is 480 g/mol. The summed E-state index contributed by atoms with van der Waals surface area (Å²) in [4.78, 5) is 31.6. The lowest BCUT2D eigenvalue weighted by Crippen LogP contribution is -2.51. The number of anilines is 2. The monoisotopic (exact) mass is 479 g/mol. The lowest BCUT2D eigenvalue weighted by atomic mass is 9.98. The molecule has 3 aliphatic rings. The van der Waals surface area contributed by atoms with E-state index in [1.165, 1.54) is 19.3 Å². The molecule has 3 heterocycles. The first kappa shape index (κ1) is 23.4. The highest BCUT2D eigenvalue weighted by Crippen LogP contribution is 2.33. The van der Waals surface area contributed by atoms with Crippen LogP contribution in [0.4, 0.5) is 11.5 Å². The van der Waals surface area contributed by atoms with Crippen LogP contribution in [0.2, 0.25) is 0 Å². The van der Waals surface area contributed by atoms with Gasteiger partial charge in [-0.25, -0.2) is 0 Å². The van der Waals surface area contributed by atoms with Gasteiger partial charge in [0.15, 0.2) is 5.82 Å². The molecule has 9 heteroatoms. The van der Waals surface area contributed by atoms with Gasteiger partial charge in [-0.05, 0) is 43.9 Å². The summed E-state index contributed by atoms with van der Waals surface area (Å²) in [6.45, 7) is 2.94. The molecule has 2 saturated heterocycles. The van der Waals surface area contributed by atoms with E-state index in [0.29, 0.717) is 44.4 Å². The van der Waals surface area contributed by atoms with Crippen LogP contribution in [-0.4, -0.2) is 72.8 Å². The van der Waals surface area contributed by atoms with Gasteiger partial charge in [-0.15, -0.1) is 10.2 Å². The molecule has 3 fully saturated rings. The predicted molar refractivity (Wildman–Crippen MR) is 132 cm³/mol. The minimum Gasteiger partial charge on any atom is -0.495 e. The summed E-state index contributed by atoms with van der Waals surface area (Å²) < 4.78 is 11.4. The van der Waals surface area contributed by atoms with Crippen molar-refractivity contribution in [3.63, 3.8) is 0 Å². The van der Waals surface area contributed by atoms with Crippen molar-refractivity contribution in [2.45, 2.75) is 44.6 Å². The average Bonchev–Trinajstić information content (AvgIpc) is 3.30. The van der Waals surface area contributed by atoms with Gasteiger partial charge in [0.25, 0.3) is 0 Å². The van der Waals surface area contributed by atoms with Gasteiger partial charge in [-0.3, -0.25) is 9.59 Å². The lowest BCUT2D eigenvalue weighted by Gasteiger charge is -2.36.